The highest BCUT2D eigenvalue weighted by atomic mass is 16.5. The molecule has 0 saturated heterocycles. The first-order valence-electron chi connectivity index (χ1n) is 5.47. The molecule has 0 aliphatic carbocycles. The number of benzene rings is 1. The summed E-state index contributed by atoms with van der Waals surface area (Å²) in [6.45, 7) is 10.8. The van der Waals surface area contributed by atoms with Gasteiger partial charge >= 0.3 is 5.97 Å². The highest BCUT2D eigenvalue weighted by Crippen LogP contribution is 2.14. The molecule has 0 heterocycles. The molecule has 0 atom stereocenters. The summed E-state index contributed by atoms with van der Waals surface area (Å²) in [6.07, 6.45) is 0.595. The van der Waals surface area contributed by atoms with E-state index in [9.17, 15) is 4.79 Å². The molecule has 0 unspecified atom stereocenters. The van der Waals surface area contributed by atoms with E-state index in [1.807, 2.05) is 30.3 Å². The van der Waals surface area contributed by atoms with E-state index in [4.69, 9.17) is 11.3 Å². The monoisotopic (exact) mass is 229 g/mol. The number of hydrogen-bond acceptors (Lipinski definition) is 2. The number of nitrogens with zero attached hydrogens (tertiary/aromatic N) is 1. The number of ether oxygens (including phenoxy) is 1. The van der Waals surface area contributed by atoms with Crippen LogP contribution >= 0.6 is 0 Å². The third-order valence-corrected chi connectivity index (χ3v) is 2.30. The summed E-state index contributed by atoms with van der Waals surface area (Å²) < 4.78 is 4.84. The molecule has 0 aromatic heterocycles. The Labute approximate surface area is 102 Å². The van der Waals surface area contributed by atoms with Crippen molar-refractivity contribution in [3.63, 3.8) is 0 Å². The molecule has 0 saturated carbocycles. The van der Waals surface area contributed by atoms with Crippen LogP contribution in [-0.2, 0) is 16.0 Å². The maximum atomic E-state index is 11.5. The molecule has 1 aromatic carbocycles. The lowest BCUT2D eigenvalue weighted by atomic mass is 10.0. The van der Waals surface area contributed by atoms with Crippen molar-refractivity contribution in [1.29, 1.82) is 0 Å². The summed E-state index contributed by atoms with van der Waals surface area (Å²) in [5.74, 6) is -0.532. The second-order valence-electron chi connectivity index (χ2n) is 3.62. The average Bonchev–Trinajstić information content (AvgIpc) is 2.31. The highest BCUT2D eigenvalue weighted by Gasteiger charge is 2.14. The lowest BCUT2D eigenvalue weighted by Gasteiger charge is -2.05. The molecule has 0 amide bonds. The van der Waals surface area contributed by atoms with E-state index in [0.29, 0.717) is 6.42 Å². The Hall–Kier alpha value is -2.08. The van der Waals surface area contributed by atoms with Crippen LogP contribution in [0, 0.1) is 6.57 Å². The van der Waals surface area contributed by atoms with E-state index in [1.165, 1.54) is 0 Å². The highest BCUT2D eigenvalue weighted by molar-refractivity contribution is 5.91. The van der Waals surface area contributed by atoms with Crippen LogP contribution in [0.15, 0.2) is 41.6 Å². The minimum Gasteiger partial charge on any atom is -0.471 e. The minimum absolute atomic E-state index is 0.0932. The number of allylic oxidation sites excluding steroid dienone is 1. The second kappa shape index (κ2) is 6.49. The molecule has 0 N–H and O–H groups in total. The van der Waals surface area contributed by atoms with Gasteiger partial charge in [0, 0.05) is 0 Å². The molecule has 0 spiro atoms. The van der Waals surface area contributed by atoms with Crippen molar-refractivity contribution < 1.29 is 9.53 Å². The van der Waals surface area contributed by atoms with Gasteiger partial charge < -0.3 is 4.74 Å². The first-order valence-corrected chi connectivity index (χ1v) is 5.47. The van der Waals surface area contributed by atoms with Crippen LogP contribution in [0.25, 0.3) is 4.85 Å². The Morgan fingerprint density at radius 3 is 2.53 bits per heavy atom. The van der Waals surface area contributed by atoms with Crippen molar-refractivity contribution >= 4 is 5.97 Å². The van der Waals surface area contributed by atoms with Gasteiger partial charge in [-0.25, -0.2) is 4.85 Å². The van der Waals surface area contributed by atoms with Gasteiger partial charge in [-0.2, -0.15) is 0 Å². The van der Waals surface area contributed by atoms with E-state index in [2.05, 4.69) is 4.85 Å². The molecular weight excluding hydrogens is 214 g/mol. The molecule has 0 fully saturated rings. The third kappa shape index (κ3) is 3.76. The van der Waals surface area contributed by atoms with Crippen molar-refractivity contribution in [3.8, 4) is 0 Å². The Morgan fingerprint density at radius 1 is 1.35 bits per heavy atom. The Kier molecular flexibility index (Phi) is 4.96. The molecule has 0 aliphatic rings. The largest absolute Gasteiger partial charge is 0.471 e. The zero-order valence-electron chi connectivity index (χ0n) is 10.1. The maximum absolute atomic E-state index is 11.5. The van der Waals surface area contributed by atoms with Crippen LogP contribution in [0.1, 0.15) is 19.4 Å². The summed E-state index contributed by atoms with van der Waals surface area (Å²) in [7, 11) is 0. The molecule has 1 rings (SSSR count). The summed E-state index contributed by atoms with van der Waals surface area (Å²) in [4.78, 5) is 14.8. The number of esters is 1. The second-order valence-corrected chi connectivity index (χ2v) is 3.62. The Balaban J connectivity index is 2.88. The summed E-state index contributed by atoms with van der Waals surface area (Å²) in [6, 6.07) is 9.74. The molecular formula is C14H15NO2. The third-order valence-electron chi connectivity index (χ3n) is 2.30. The summed E-state index contributed by atoms with van der Waals surface area (Å²) >= 11 is 0. The van der Waals surface area contributed by atoms with Gasteiger partial charge in [0.2, 0.25) is 0 Å². The SMILES string of the molecule is [C-]#[N+]/C(C(=O)OCC)=C(/C)Cc1ccccc1. The Morgan fingerprint density at radius 2 is 2.00 bits per heavy atom. The first kappa shape index (κ1) is 13.0. The van der Waals surface area contributed by atoms with Crippen LogP contribution < -0.4 is 0 Å². The van der Waals surface area contributed by atoms with E-state index in [0.717, 1.165) is 11.1 Å². The van der Waals surface area contributed by atoms with E-state index in [-0.39, 0.29) is 12.3 Å². The van der Waals surface area contributed by atoms with Crippen LogP contribution in [-0.4, -0.2) is 12.6 Å². The zero-order valence-corrected chi connectivity index (χ0v) is 10.1. The van der Waals surface area contributed by atoms with Gasteiger partial charge in [0.15, 0.2) is 0 Å². The Bertz CT molecular complexity index is 455. The number of carbonyl (C=O) groups is 1. The van der Waals surface area contributed by atoms with Gasteiger partial charge in [0.05, 0.1) is 13.2 Å². The molecule has 1 aromatic rings. The molecule has 3 nitrogen and oxygen atoms in total. The quantitative estimate of drug-likeness (QED) is 0.451. The lowest BCUT2D eigenvalue weighted by molar-refractivity contribution is -0.138. The van der Waals surface area contributed by atoms with Gasteiger partial charge in [0.25, 0.3) is 5.70 Å². The fraction of sp³-hybridized carbons (Fsp3) is 0.286. The zero-order chi connectivity index (χ0) is 12.7. The van der Waals surface area contributed by atoms with Crippen molar-refractivity contribution in [3.05, 3.63) is 58.6 Å². The molecule has 17 heavy (non-hydrogen) atoms. The lowest BCUT2D eigenvalue weighted by Crippen LogP contribution is -2.07. The summed E-state index contributed by atoms with van der Waals surface area (Å²) in [5, 5.41) is 0. The fourth-order valence-corrected chi connectivity index (χ4v) is 1.50. The molecule has 0 radical (unpaired) electrons. The number of hydrogen-bond donors (Lipinski definition) is 0. The van der Waals surface area contributed by atoms with Crippen LogP contribution in [0.4, 0.5) is 0 Å². The van der Waals surface area contributed by atoms with Gasteiger partial charge in [0.1, 0.15) is 0 Å². The molecule has 3 heteroatoms. The fourth-order valence-electron chi connectivity index (χ4n) is 1.50. The van der Waals surface area contributed by atoms with Gasteiger partial charge in [-0.15, -0.1) is 0 Å². The smallest absolute Gasteiger partial charge is 0.336 e. The molecule has 0 aliphatic heterocycles. The maximum Gasteiger partial charge on any atom is 0.336 e. The standard InChI is InChI=1S/C14H15NO2/c1-4-17-14(16)13(15-3)11(2)10-12-8-6-5-7-9-12/h5-9H,4,10H2,1-2H3/b13-11-. The van der Waals surface area contributed by atoms with Crippen molar-refractivity contribution in [2.75, 3.05) is 6.61 Å². The van der Waals surface area contributed by atoms with Crippen molar-refractivity contribution in [1.82, 2.24) is 0 Å². The van der Waals surface area contributed by atoms with Crippen LogP contribution in [0.5, 0.6) is 0 Å². The summed E-state index contributed by atoms with van der Waals surface area (Å²) in [5.41, 5.74) is 1.91. The first-order chi connectivity index (χ1) is 8.19. The normalized spacial score (nSPS) is 11.4. The average molecular weight is 229 g/mol. The van der Waals surface area contributed by atoms with Gasteiger partial charge in [-0.1, -0.05) is 42.8 Å². The van der Waals surface area contributed by atoms with Crippen LogP contribution in [0.3, 0.4) is 0 Å². The van der Waals surface area contributed by atoms with Crippen molar-refractivity contribution in [2.24, 2.45) is 0 Å². The van der Waals surface area contributed by atoms with Gasteiger partial charge in [-0.05, 0) is 18.9 Å². The number of rotatable bonds is 4. The molecule has 88 valence electrons. The minimum atomic E-state index is -0.532. The van der Waals surface area contributed by atoms with E-state index < -0.39 is 5.97 Å². The predicted molar refractivity (Wildman–Crippen MR) is 66.1 cm³/mol. The topological polar surface area (TPSA) is 30.7 Å². The van der Waals surface area contributed by atoms with Gasteiger partial charge in [-0.3, -0.25) is 4.79 Å². The van der Waals surface area contributed by atoms with Crippen molar-refractivity contribution in [2.45, 2.75) is 20.3 Å². The predicted octanol–water partition coefficient (Wildman–Crippen LogP) is 2.99. The molecule has 0 bridgehead atoms. The van der Waals surface area contributed by atoms with E-state index >= 15 is 0 Å². The number of carbonyl (C=O) groups excluding carboxylic acids is 1. The van der Waals surface area contributed by atoms with Crippen LogP contribution in [0.2, 0.25) is 0 Å². The van der Waals surface area contributed by atoms with E-state index in [1.54, 1.807) is 13.8 Å².